The van der Waals surface area contributed by atoms with Gasteiger partial charge in [-0.15, -0.1) is 0 Å². The predicted molar refractivity (Wildman–Crippen MR) is 94.2 cm³/mol. The van der Waals surface area contributed by atoms with Gasteiger partial charge in [-0.1, -0.05) is 65.8 Å². The van der Waals surface area contributed by atoms with Crippen molar-refractivity contribution in [3.8, 4) is 0 Å². The second-order valence-corrected chi connectivity index (χ2v) is 8.39. The van der Waals surface area contributed by atoms with E-state index in [9.17, 15) is 13.0 Å². The average Bonchev–Trinajstić information content (AvgIpc) is 2.42. The predicted octanol–water partition coefficient (Wildman–Crippen LogP) is 2.12. The molecule has 0 aliphatic heterocycles. The van der Waals surface area contributed by atoms with Crippen molar-refractivity contribution in [2.75, 3.05) is 0 Å². The Morgan fingerprint density at radius 3 is 1.75 bits per heavy atom. The minimum atomic E-state index is -4.54. The van der Waals surface area contributed by atoms with E-state index in [1.807, 2.05) is 32.0 Å². The first-order chi connectivity index (χ1) is 10.6. The van der Waals surface area contributed by atoms with Crippen LogP contribution in [0.3, 0.4) is 0 Å². The first-order valence-corrected chi connectivity index (χ1v) is 9.51. The normalized spacial score (nSPS) is 12.2. The summed E-state index contributed by atoms with van der Waals surface area (Å²) >= 11 is 0. The van der Waals surface area contributed by atoms with E-state index in [-0.39, 0.29) is 52.2 Å². The van der Waals surface area contributed by atoms with Crippen molar-refractivity contribution in [2.45, 2.75) is 64.2 Å². The zero-order valence-corrected chi connectivity index (χ0v) is 18.5. The largest absolute Gasteiger partial charge is 1.00 e. The Kier molecular flexibility index (Phi) is 7.11. The first-order valence-electron chi connectivity index (χ1n) is 8.11. The minimum Gasteiger partial charge on any atom is -0.744 e. The summed E-state index contributed by atoms with van der Waals surface area (Å²) < 4.78 is 35.9. The van der Waals surface area contributed by atoms with E-state index in [0.29, 0.717) is 10.9 Å². The molecule has 0 saturated heterocycles. The third kappa shape index (κ3) is 4.05. The Balaban J connectivity index is 0.00000288. The SMILES string of the molecule is CC(C)c1cc(C(C)C)c2c(C(C)C)cccc2c1S(=O)(=O)[O-].[Na+]. The van der Waals surface area contributed by atoms with Crippen molar-refractivity contribution in [2.24, 2.45) is 0 Å². The van der Waals surface area contributed by atoms with Crippen molar-refractivity contribution in [1.29, 1.82) is 0 Å². The smallest absolute Gasteiger partial charge is 0.744 e. The van der Waals surface area contributed by atoms with Crippen molar-refractivity contribution >= 4 is 20.9 Å². The fraction of sp³-hybridized carbons (Fsp3) is 0.474. The van der Waals surface area contributed by atoms with Crippen molar-refractivity contribution in [3.05, 3.63) is 41.0 Å². The van der Waals surface area contributed by atoms with Crippen LogP contribution in [-0.2, 0) is 10.1 Å². The summed E-state index contributed by atoms with van der Waals surface area (Å²) in [6.45, 7) is 12.2. The third-order valence-corrected chi connectivity index (χ3v) is 5.27. The molecule has 0 amide bonds. The molecule has 0 aromatic heterocycles. The molecule has 3 nitrogen and oxygen atoms in total. The van der Waals surface area contributed by atoms with E-state index in [1.165, 1.54) is 0 Å². The van der Waals surface area contributed by atoms with Gasteiger partial charge in [0.2, 0.25) is 0 Å². The maximum Gasteiger partial charge on any atom is 1.00 e. The number of hydrogen-bond donors (Lipinski definition) is 0. The fourth-order valence-electron chi connectivity index (χ4n) is 3.19. The van der Waals surface area contributed by atoms with Crippen LogP contribution in [0.25, 0.3) is 10.8 Å². The fourth-order valence-corrected chi connectivity index (χ4v) is 4.21. The van der Waals surface area contributed by atoms with Gasteiger partial charge >= 0.3 is 29.6 Å². The zero-order chi connectivity index (χ0) is 17.5. The molecule has 5 heteroatoms. The molecule has 0 unspecified atom stereocenters. The van der Waals surface area contributed by atoms with Gasteiger partial charge in [0.1, 0.15) is 10.1 Å². The van der Waals surface area contributed by atoms with Crippen LogP contribution in [-0.4, -0.2) is 13.0 Å². The van der Waals surface area contributed by atoms with Gasteiger partial charge in [0.25, 0.3) is 0 Å². The molecule has 2 aromatic carbocycles. The molecule has 0 fully saturated rings. The van der Waals surface area contributed by atoms with Gasteiger partial charge in [-0.05, 0) is 39.8 Å². The average molecular weight is 356 g/mol. The van der Waals surface area contributed by atoms with E-state index in [0.717, 1.165) is 16.5 Å². The van der Waals surface area contributed by atoms with Crippen LogP contribution in [0.4, 0.5) is 0 Å². The van der Waals surface area contributed by atoms with Crippen LogP contribution in [0.15, 0.2) is 29.2 Å². The Morgan fingerprint density at radius 1 is 0.833 bits per heavy atom. The number of hydrogen-bond acceptors (Lipinski definition) is 3. The molecule has 0 bridgehead atoms. The Bertz CT molecular complexity index is 837. The Morgan fingerprint density at radius 2 is 1.33 bits per heavy atom. The van der Waals surface area contributed by atoms with E-state index >= 15 is 0 Å². The van der Waals surface area contributed by atoms with Crippen LogP contribution in [0.1, 0.15) is 76.0 Å². The van der Waals surface area contributed by atoms with Gasteiger partial charge in [-0.2, -0.15) is 0 Å². The number of rotatable bonds is 4. The monoisotopic (exact) mass is 356 g/mol. The van der Waals surface area contributed by atoms with Gasteiger partial charge in [-0.25, -0.2) is 8.42 Å². The molecule has 24 heavy (non-hydrogen) atoms. The number of fused-ring (bicyclic) bond motifs is 1. The van der Waals surface area contributed by atoms with E-state index in [4.69, 9.17) is 0 Å². The molecule has 0 radical (unpaired) electrons. The first kappa shape index (κ1) is 21.7. The van der Waals surface area contributed by atoms with Gasteiger partial charge in [0.05, 0.1) is 4.90 Å². The van der Waals surface area contributed by atoms with Crippen LogP contribution in [0, 0.1) is 0 Å². The zero-order valence-electron chi connectivity index (χ0n) is 15.7. The molecule has 0 N–H and O–H groups in total. The quantitative estimate of drug-likeness (QED) is 0.623. The summed E-state index contributed by atoms with van der Waals surface area (Å²) in [6.07, 6.45) is 0. The topological polar surface area (TPSA) is 57.2 Å². The molecular weight excluding hydrogens is 331 g/mol. The molecule has 126 valence electrons. The summed E-state index contributed by atoms with van der Waals surface area (Å²) in [5.41, 5.74) is 2.82. The van der Waals surface area contributed by atoms with Crippen LogP contribution < -0.4 is 29.6 Å². The molecule has 0 atom stereocenters. The summed E-state index contributed by atoms with van der Waals surface area (Å²) in [5, 5.41) is 1.50. The maximum absolute atomic E-state index is 12.0. The van der Waals surface area contributed by atoms with Crippen molar-refractivity contribution in [1.82, 2.24) is 0 Å². The summed E-state index contributed by atoms with van der Waals surface area (Å²) in [4.78, 5) is -0.0469. The summed E-state index contributed by atoms with van der Waals surface area (Å²) in [5.74, 6) is 0.472. The number of benzene rings is 2. The molecule has 0 aliphatic carbocycles. The van der Waals surface area contributed by atoms with Crippen molar-refractivity contribution in [3.63, 3.8) is 0 Å². The van der Waals surface area contributed by atoms with Gasteiger partial charge in [0, 0.05) is 5.39 Å². The van der Waals surface area contributed by atoms with Crippen LogP contribution in [0.2, 0.25) is 0 Å². The summed E-state index contributed by atoms with van der Waals surface area (Å²) in [7, 11) is -4.54. The van der Waals surface area contributed by atoms with Crippen LogP contribution >= 0.6 is 0 Å². The maximum atomic E-state index is 12.0. The molecule has 2 rings (SSSR count). The molecule has 0 saturated carbocycles. The van der Waals surface area contributed by atoms with E-state index in [1.54, 1.807) is 6.07 Å². The second kappa shape index (κ2) is 7.88. The Labute approximate surface area is 167 Å². The van der Waals surface area contributed by atoms with Gasteiger partial charge in [0.15, 0.2) is 0 Å². The van der Waals surface area contributed by atoms with Gasteiger partial charge in [-0.3, -0.25) is 0 Å². The van der Waals surface area contributed by atoms with Gasteiger partial charge < -0.3 is 4.55 Å². The molecular formula is C19H25NaO3S. The minimum absolute atomic E-state index is 0. The summed E-state index contributed by atoms with van der Waals surface area (Å²) in [6, 6.07) is 7.56. The molecule has 0 heterocycles. The standard InChI is InChI=1S/C19H26O3S.Na/c1-11(2)14-8-7-9-15-18(14)16(12(3)4)10-17(13(5)6)19(15)23(20,21)22;/h7-13H,1-6H3,(H,20,21,22);/q;+1/p-1. The van der Waals surface area contributed by atoms with E-state index in [2.05, 4.69) is 27.7 Å². The molecule has 0 spiro atoms. The second-order valence-electron chi connectivity index (χ2n) is 7.07. The van der Waals surface area contributed by atoms with E-state index < -0.39 is 10.1 Å². The molecule has 0 aliphatic rings. The van der Waals surface area contributed by atoms with Crippen LogP contribution in [0.5, 0.6) is 0 Å². The van der Waals surface area contributed by atoms with Crippen molar-refractivity contribution < 1.29 is 42.5 Å². The third-order valence-electron chi connectivity index (χ3n) is 4.32. The Hall–Kier alpha value is -0.390. The molecule has 2 aromatic rings.